The molecule has 28 heavy (non-hydrogen) atoms. The average molecular weight is 376 g/mol. The van der Waals surface area contributed by atoms with Crippen molar-refractivity contribution in [1.29, 1.82) is 0 Å². The van der Waals surface area contributed by atoms with Crippen LogP contribution in [-0.2, 0) is 9.59 Å². The minimum atomic E-state index is -0.223. The summed E-state index contributed by atoms with van der Waals surface area (Å²) in [4.78, 5) is 27.0. The molecule has 2 aliphatic rings. The quantitative estimate of drug-likeness (QED) is 0.845. The van der Waals surface area contributed by atoms with E-state index in [0.717, 1.165) is 24.0 Å². The molecule has 0 spiro atoms. The lowest BCUT2D eigenvalue weighted by atomic mass is 10.0. The topological polar surface area (TPSA) is 49.4 Å². The van der Waals surface area contributed by atoms with Crippen LogP contribution in [0.4, 0.5) is 0 Å². The summed E-state index contributed by atoms with van der Waals surface area (Å²) in [6.07, 6.45) is 4.92. The van der Waals surface area contributed by atoms with E-state index >= 15 is 0 Å². The van der Waals surface area contributed by atoms with E-state index in [1.807, 2.05) is 30.0 Å². The zero-order chi connectivity index (χ0) is 19.5. The highest BCUT2D eigenvalue weighted by atomic mass is 16.2. The summed E-state index contributed by atoms with van der Waals surface area (Å²) in [5.41, 5.74) is 3.42. The average Bonchev–Trinajstić information content (AvgIpc) is 3.38. The second-order valence-electron chi connectivity index (χ2n) is 8.10. The van der Waals surface area contributed by atoms with E-state index in [1.165, 1.54) is 18.4 Å². The van der Waals surface area contributed by atoms with Gasteiger partial charge in [0.25, 0.3) is 0 Å². The normalized spacial score (nSPS) is 21.1. The molecule has 4 nitrogen and oxygen atoms in total. The monoisotopic (exact) mass is 376 g/mol. The molecular formula is C24H28N2O2. The number of likely N-dealkylation sites (tertiary alicyclic amines) is 1. The Morgan fingerprint density at radius 1 is 1.00 bits per heavy atom. The number of hydrogen-bond donors (Lipinski definition) is 1. The van der Waals surface area contributed by atoms with Crippen molar-refractivity contribution >= 4 is 11.8 Å². The van der Waals surface area contributed by atoms with Gasteiger partial charge in [-0.2, -0.15) is 0 Å². The van der Waals surface area contributed by atoms with E-state index < -0.39 is 0 Å². The molecule has 1 aliphatic heterocycles. The molecule has 2 fully saturated rings. The van der Waals surface area contributed by atoms with Crippen LogP contribution in [0.2, 0.25) is 0 Å². The van der Waals surface area contributed by atoms with Gasteiger partial charge in [-0.3, -0.25) is 9.59 Å². The van der Waals surface area contributed by atoms with Crippen LogP contribution in [0.15, 0.2) is 54.6 Å². The van der Waals surface area contributed by atoms with E-state index in [-0.39, 0.29) is 23.8 Å². The van der Waals surface area contributed by atoms with Gasteiger partial charge in [-0.15, -0.1) is 0 Å². The number of hydrogen-bond acceptors (Lipinski definition) is 2. The molecule has 2 atom stereocenters. The Labute approximate surface area is 166 Å². The standard InChI is InChI=1S/C24H28N2O2/c1-17(18-11-13-20(14-12-18)19-7-3-2-4-8-19)25-24(28)21-15-23(27)26(16-21)22-9-5-6-10-22/h2-4,7-8,11-14,17,21-22H,5-6,9-10,15-16H2,1H3,(H,25,28). The fourth-order valence-electron chi connectivity index (χ4n) is 4.49. The van der Waals surface area contributed by atoms with Crippen molar-refractivity contribution in [3.8, 4) is 11.1 Å². The highest BCUT2D eigenvalue weighted by molar-refractivity contribution is 5.89. The Kier molecular flexibility index (Phi) is 5.47. The number of benzene rings is 2. The van der Waals surface area contributed by atoms with Crippen LogP contribution in [0.5, 0.6) is 0 Å². The van der Waals surface area contributed by atoms with Crippen molar-refractivity contribution < 1.29 is 9.59 Å². The second-order valence-corrected chi connectivity index (χ2v) is 8.10. The SMILES string of the molecule is CC(NC(=O)C1CC(=O)N(C2CCCC2)C1)c1ccc(-c2ccccc2)cc1. The first kappa shape index (κ1) is 18.7. The molecule has 0 radical (unpaired) electrons. The van der Waals surface area contributed by atoms with E-state index in [2.05, 4.69) is 41.7 Å². The number of amides is 2. The van der Waals surface area contributed by atoms with Gasteiger partial charge < -0.3 is 10.2 Å². The smallest absolute Gasteiger partial charge is 0.225 e. The zero-order valence-electron chi connectivity index (χ0n) is 16.4. The van der Waals surface area contributed by atoms with Gasteiger partial charge in [0, 0.05) is 19.0 Å². The predicted octanol–water partition coefficient (Wildman–Crippen LogP) is 4.32. The van der Waals surface area contributed by atoms with Crippen LogP contribution in [0, 0.1) is 5.92 Å². The molecule has 2 aromatic carbocycles. The number of nitrogens with zero attached hydrogens (tertiary/aromatic N) is 1. The highest BCUT2D eigenvalue weighted by Crippen LogP contribution is 2.30. The van der Waals surface area contributed by atoms with Crippen LogP contribution in [-0.4, -0.2) is 29.3 Å². The lowest BCUT2D eigenvalue weighted by Gasteiger charge is -2.24. The van der Waals surface area contributed by atoms with Crippen molar-refractivity contribution in [2.75, 3.05) is 6.54 Å². The van der Waals surface area contributed by atoms with Crippen molar-refractivity contribution in [3.63, 3.8) is 0 Å². The van der Waals surface area contributed by atoms with Gasteiger partial charge in [-0.1, -0.05) is 67.4 Å². The molecule has 146 valence electrons. The molecule has 0 aromatic heterocycles. The first-order chi connectivity index (χ1) is 13.6. The lowest BCUT2D eigenvalue weighted by Crippen LogP contribution is -2.37. The van der Waals surface area contributed by atoms with Gasteiger partial charge in [0.1, 0.15) is 0 Å². The molecule has 0 bridgehead atoms. The second kappa shape index (κ2) is 8.17. The molecule has 1 N–H and O–H groups in total. The third-order valence-corrected chi connectivity index (χ3v) is 6.17. The Balaban J connectivity index is 1.36. The molecule has 4 heteroatoms. The van der Waals surface area contributed by atoms with Crippen LogP contribution in [0.1, 0.15) is 50.6 Å². The van der Waals surface area contributed by atoms with Crippen LogP contribution in [0.25, 0.3) is 11.1 Å². The van der Waals surface area contributed by atoms with Crippen molar-refractivity contribution in [3.05, 3.63) is 60.2 Å². The number of rotatable bonds is 5. The maximum absolute atomic E-state index is 12.7. The van der Waals surface area contributed by atoms with E-state index in [1.54, 1.807) is 0 Å². The number of nitrogens with one attached hydrogen (secondary N) is 1. The molecule has 2 amide bonds. The summed E-state index contributed by atoms with van der Waals surface area (Å²) in [6.45, 7) is 2.58. The minimum Gasteiger partial charge on any atom is -0.349 e. The van der Waals surface area contributed by atoms with Crippen molar-refractivity contribution in [2.24, 2.45) is 5.92 Å². The maximum atomic E-state index is 12.7. The molecule has 4 rings (SSSR count). The maximum Gasteiger partial charge on any atom is 0.225 e. The molecule has 2 aromatic rings. The molecule has 1 aliphatic carbocycles. The molecular weight excluding hydrogens is 348 g/mol. The fourth-order valence-corrected chi connectivity index (χ4v) is 4.49. The Hall–Kier alpha value is -2.62. The van der Waals surface area contributed by atoms with Crippen molar-refractivity contribution in [2.45, 2.75) is 51.1 Å². The summed E-state index contributed by atoms with van der Waals surface area (Å²) in [6, 6.07) is 18.9. The van der Waals surface area contributed by atoms with Gasteiger partial charge >= 0.3 is 0 Å². The van der Waals surface area contributed by atoms with Gasteiger partial charge in [-0.05, 0) is 36.5 Å². The summed E-state index contributed by atoms with van der Waals surface area (Å²) >= 11 is 0. The molecule has 2 unspecified atom stereocenters. The third-order valence-electron chi connectivity index (χ3n) is 6.17. The molecule has 1 heterocycles. The summed E-state index contributed by atoms with van der Waals surface area (Å²) in [5, 5.41) is 3.11. The van der Waals surface area contributed by atoms with Gasteiger partial charge in [0.15, 0.2) is 0 Å². The first-order valence-electron chi connectivity index (χ1n) is 10.4. The van der Waals surface area contributed by atoms with Crippen LogP contribution >= 0.6 is 0 Å². The fraction of sp³-hybridized carbons (Fsp3) is 0.417. The van der Waals surface area contributed by atoms with E-state index in [9.17, 15) is 9.59 Å². The highest BCUT2D eigenvalue weighted by Gasteiger charge is 2.38. The lowest BCUT2D eigenvalue weighted by molar-refractivity contribution is -0.130. The Morgan fingerprint density at radius 2 is 1.64 bits per heavy atom. The van der Waals surface area contributed by atoms with Gasteiger partial charge in [-0.25, -0.2) is 0 Å². The van der Waals surface area contributed by atoms with Crippen LogP contribution in [0.3, 0.4) is 0 Å². The largest absolute Gasteiger partial charge is 0.349 e. The Bertz CT molecular complexity index is 825. The summed E-state index contributed by atoms with van der Waals surface area (Å²) in [7, 11) is 0. The molecule has 1 saturated carbocycles. The first-order valence-corrected chi connectivity index (χ1v) is 10.4. The van der Waals surface area contributed by atoms with E-state index in [4.69, 9.17) is 0 Å². The number of carbonyl (C=O) groups excluding carboxylic acids is 2. The van der Waals surface area contributed by atoms with Crippen LogP contribution < -0.4 is 5.32 Å². The van der Waals surface area contributed by atoms with Gasteiger partial charge in [0.2, 0.25) is 11.8 Å². The summed E-state index contributed by atoms with van der Waals surface area (Å²) < 4.78 is 0. The predicted molar refractivity (Wildman–Crippen MR) is 111 cm³/mol. The molecule has 1 saturated heterocycles. The van der Waals surface area contributed by atoms with Crippen molar-refractivity contribution in [1.82, 2.24) is 10.2 Å². The minimum absolute atomic E-state index is 0.00603. The Morgan fingerprint density at radius 3 is 2.32 bits per heavy atom. The van der Waals surface area contributed by atoms with Gasteiger partial charge in [0.05, 0.1) is 12.0 Å². The van der Waals surface area contributed by atoms with E-state index in [0.29, 0.717) is 19.0 Å². The summed E-state index contributed by atoms with van der Waals surface area (Å²) in [5.74, 6) is -0.0838. The zero-order valence-corrected chi connectivity index (χ0v) is 16.4. The third kappa shape index (κ3) is 3.96. The number of carbonyl (C=O) groups is 2.